The lowest BCUT2D eigenvalue weighted by atomic mass is 9.85. The van der Waals surface area contributed by atoms with Crippen LogP contribution in [0.25, 0.3) is 0 Å². The van der Waals surface area contributed by atoms with Crippen molar-refractivity contribution in [2.45, 2.75) is 77.3 Å². The van der Waals surface area contributed by atoms with Gasteiger partial charge in [-0.1, -0.05) is 32.1 Å². The van der Waals surface area contributed by atoms with Gasteiger partial charge in [0.2, 0.25) is 0 Å². The first-order valence-corrected chi connectivity index (χ1v) is 6.42. The molecule has 0 spiro atoms. The summed E-state index contributed by atoms with van der Waals surface area (Å²) in [5.74, 6) is 0.516. The van der Waals surface area contributed by atoms with E-state index in [0.29, 0.717) is 6.10 Å². The molecule has 1 aliphatic carbocycles. The minimum absolute atomic E-state index is 0.266. The minimum Gasteiger partial charge on any atom is -0.345 e. The highest BCUT2D eigenvalue weighted by molar-refractivity contribution is 4.81. The Morgan fingerprint density at radius 3 is 2.27 bits per heavy atom. The summed E-state index contributed by atoms with van der Waals surface area (Å²) in [7, 11) is 0. The van der Waals surface area contributed by atoms with Gasteiger partial charge in [-0.2, -0.15) is 0 Å². The summed E-state index contributed by atoms with van der Waals surface area (Å²) in [6, 6.07) is 0. The quantitative estimate of drug-likeness (QED) is 0.697. The highest BCUT2D eigenvalue weighted by atomic mass is 16.7. The Morgan fingerprint density at radius 2 is 1.73 bits per heavy atom. The molecule has 0 radical (unpaired) electrons. The molecule has 0 bridgehead atoms. The molecule has 1 saturated carbocycles. The van der Waals surface area contributed by atoms with Crippen molar-refractivity contribution in [3.05, 3.63) is 0 Å². The maximum absolute atomic E-state index is 5.94. The molecule has 1 heterocycles. The minimum atomic E-state index is -0.362. The molecular weight excluding hydrogens is 188 g/mol. The van der Waals surface area contributed by atoms with Gasteiger partial charge in [0.1, 0.15) is 0 Å². The molecule has 2 atom stereocenters. The monoisotopic (exact) mass is 212 g/mol. The van der Waals surface area contributed by atoms with Crippen molar-refractivity contribution in [3.8, 4) is 0 Å². The fraction of sp³-hybridized carbons (Fsp3) is 1.00. The summed E-state index contributed by atoms with van der Waals surface area (Å²) in [5, 5.41) is 0. The molecule has 1 saturated heterocycles. The van der Waals surface area contributed by atoms with Crippen LogP contribution in [0.15, 0.2) is 0 Å². The van der Waals surface area contributed by atoms with Gasteiger partial charge in [0.25, 0.3) is 0 Å². The predicted molar refractivity (Wildman–Crippen MR) is 60.7 cm³/mol. The molecule has 1 aliphatic heterocycles. The average Bonchev–Trinajstić information content (AvgIpc) is 2.41. The van der Waals surface area contributed by atoms with Gasteiger partial charge in [-0.25, -0.2) is 0 Å². The fourth-order valence-corrected chi connectivity index (χ4v) is 3.00. The topological polar surface area (TPSA) is 18.5 Å². The van der Waals surface area contributed by atoms with E-state index < -0.39 is 0 Å². The summed E-state index contributed by atoms with van der Waals surface area (Å²) in [6.45, 7) is 6.18. The summed E-state index contributed by atoms with van der Waals surface area (Å²) in [5.41, 5.74) is 0. The van der Waals surface area contributed by atoms with Gasteiger partial charge in [0, 0.05) is 0 Å². The molecule has 0 aromatic rings. The van der Waals surface area contributed by atoms with E-state index >= 15 is 0 Å². The summed E-state index contributed by atoms with van der Waals surface area (Å²) in [6.07, 6.45) is 8.83. The molecule has 0 aromatic heterocycles. The van der Waals surface area contributed by atoms with Gasteiger partial charge in [-0.05, 0) is 33.1 Å². The highest BCUT2D eigenvalue weighted by Gasteiger charge is 2.39. The van der Waals surface area contributed by atoms with Crippen molar-refractivity contribution < 1.29 is 9.47 Å². The van der Waals surface area contributed by atoms with E-state index in [2.05, 4.69) is 6.92 Å². The average molecular weight is 212 g/mol. The van der Waals surface area contributed by atoms with Crippen LogP contribution in [0.4, 0.5) is 0 Å². The van der Waals surface area contributed by atoms with Gasteiger partial charge in [0.15, 0.2) is 5.79 Å². The molecule has 88 valence electrons. The van der Waals surface area contributed by atoms with E-state index in [9.17, 15) is 0 Å². The SMILES string of the molecule is CC1OC(C)(C)OC1CC1CCCCC1. The Bertz CT molecular complexity index is 207. The Morgan fingerprint density at radius 1 is 1.07 bits per heavy atom. The van der Waals surface area contributed by atoms with E-state index in [1.807, 2.05) is 13.8 Å². The molecule has 2 fully saturated rings. The van der Waals surface area contributed by atoms with Crippen molar-refractivity contribution in [2.24, 2.45) is 5.92 Å². The van der Waals surface area contributed by atoms with E-state index in [-0.39, 0.29) is 11.9 Å². The van der Waals surface area contributed by atoms with Crippen molar-refractivity contribution in [1.29, 1.82) is 0 Å². The molecule has 15 heavy (non-hydrogen) atoms. The normalized spacial score (nSPS) is 37.0. The largest absolute Gasteiger partial charge is 0.345 e. The third kappa shape index (κ3) is 2.94. The molecule has 0 aromatic carbocycles. The Kier molecular flexibility index (Phi) is 3.36. The Balaban J connectivity index is 1.83. The smallest absolute Gasteiger partial charge is 0.163 e. The highest BCUT2D eigenvalue weighted by Crippen LogP contribution is 2.35. The van der Waals surface area contributed by atoms with Crippen LogP contribution in [-0.4, -0.2) is 18.0 Å². The van der Waals surface area contributed by atoms with E-state index in [1.54, 1.807) is 0 Å². The molecule has 2 rings (SSSR count). The van der Waals surface area contributed by atoms with Crippen LogP contribution >= 0.6 is 0 Å². The number of hydrogen-bond acceptors (Lipinski definition) is 2. The third-order valence-corrected chi connectivity index (χ3v) is 3.72. The second-order valence-corrected chi connectivity index (χ2v) is 5.62. The molecule has 0 N–H and O–H groups in total. The maximum Gasteiger partial charge on any atom is 0.163 e. The molecule has 2 unspecified atom stereocenters. The fourth-order valence-electron chi connectivity index (χ4n) is 3.00. The van der Waals surface area contributed by atoms with Crippen LogP contribution in [0.5, 0.6) is 0 Å². The molecule has 2 heteroatoms. The van der Waals surface area contributed by atoms with Crippen LogP contribution in [-0.2, 0) is 9.47 Å². The lowest BCUT2D eigenvalue weighted by Gasteiger charge is -2.25. The third-order valence-electron chi connectivity index (χ3n) is 3.72. The second kappa shape index (κ2) is 4.42. The molecule has 0 amide bonds. The van der Waals surface area contributed by atoms with Gasteiger partial charge in [-0.15, -0.1) is 0 Å². The van der Waals surface area contributed by atoms with Crippen LogP contribution in [0.1, 0.15) is 59.3 Å². The van der Waals surface area contributed by atoms with Gasteiger partial charge < -0.3 is 9.47 Å². The van der Waals surface area contributed by atoms with Crippen LogP contribution in [0, 0.1) is 5.92 Å². The first-order chi connectivity index (χ1) is 7.07. The van der Waals surface area contributed by atoms with Crippen molar-refractivity contribution in [1.82, 2.24) is 0 Å². The summed E-state index contributed by atoms with van der Waals surface area (Å²) >= 11 is 0. The Labute approximate surface area is 93.3 Å². The van der Waals surface area contributed by atoms with Crippen LogP contribution < -0.4 is 0 Å². The Hall–Kier alpha value is -0.0800. The van der Waals surface area contributed by atoms with E-state index in [1.165, 1.54) is 38.5 Å². The first-order valence-electron chi connectivity index (χ1n) is 6.42. The van der Waals surface area contributed by atoms with E-state index in [4.69, 9.17) is 9.47 Å². The molecule has 2 aliphatic rings. The van der Waals surface area contributed by atoms with E-state index in [0.717, 1.165) is 5.92 Å². The summed E-state index contributed by atoms with van der Waals surface area (Å²) in [4.78, 5) is 0. The molecular formula is C13H24O2. The maximum atomic E-state index is 5.94. The van der Waals surface area contributed by atoms with Gasteiger partial charge in [-0.3, -0.25) is 0 Å². The number of ether oxygens (including phenoxy) is 2. The first kappa shape index (κ1) is 11.4. The lowest BCUT2D eigenvalue weighted by Crippen LogP contribution is -2.24. The van der Waals surface area contributed by atoms with Crippen molar-refractivity contribution >= 4 is 0 Å². The summed E-state index contributed by atoms with van der Waals surface area (Å²) < 4.78 is 11.7. The predicted octanol–water partition coefficient (Wildman–Crippen LogP) is 3.50. The number of hydrogen-bond donors (Lipinski definition) is 0. The van der Waals surface area contributed by atoms with Gasteiger partial charge in [0.05, 0.1) is 12.2 Å². The van der Waals surface area contributed by atoms with Crippen LogP contribution in [0.2, 0.25) is 0 Å². The number of rotatable bonds is 2. The van der Waals surface area contributed by atoms with Crippen molar-refractivity contribution in [3.63, 3.8) is 0 Å². The van der Waals surface area contributed by atoms with Crippen molar-refractivity contribution in [2.75, 3.05) is 0 Å². The van der Waals surface area contributed by atoms with Crippen LogP contribution in [0.3, 0.4) is 0 Å². The van der Waals surface area contributed by atoms with Gasteiger partial charge >= 0.3 is 0 Å². The zero-order valence-electron chi connectivity index (χ0n) is 10.3. The molecule has 2 nitrogen and oxygen atoms in total. The second-order valence-electron chi connectivity index (χ2n) is 5.62. The lowest BCUT2D eigenvalue weighted by molar-refractivity contribution is -0.146. The zero-order chi connectivity index (χ0) is 10.9. The standard InChI is InChI=1S/C13H24O2/c1-10-12(15-13(2,3)14-10)9-11-7-5-4-6-8-11/h10-12H,4-9H2,1-3H3. The zero-order valence-corrected chi connectivity index (χ0v) is 10.3.